The van der Waals surface area contributed by atoms with Gasteiger partial charge in [0.2, 0.25) is 0 Å². The maximum Gasteiger partial charge on any atom is 0.307 e. The Bertz CT molecular complexity index is 388. The SMILES string of the molecule is CC(C)CCN(C)Cc1ccccc1CC(=O)O. The predicted octanol–water partition coefficient (Wildman–Crippen LogP) is 2.79. The summed E-state index contributed by atoms with van der Waals surface area (Å²) in [4.78, 5) is 13.1. The van der Waals surface area contributed by atoms with Crippen LogP contribution in [0.1, 0.15) is 31.4 Å². The number of carboxylic acid groups (broad SMARTS) is 1. The highest BCUT2D eigenvalue weighted by molar-refractivity contribution is 5.70. The highest BCUT2D eigenvalue weighted by atomic mass is 16.4. The van der Waals surface area contributed by atoms with Gasteiger partial charge in [0.15, 0.2) is 0 Å². The van der Waals surface area contributed by atoms with E-state index in [-0.39, 0.29) is 6.42 Å². The molecule has 0 aliphatic rings. The van der Waals surface area contributed by atoms with Gasteiger partial charge in [-0.25, -0.2) is 0 Å². The van der Waals surface area contributed by atoms with Crippen molar-refractivity contribution in [3.05, 3.63) is 35.4 Å². The Morgan fingerprint density at radius 3 is 2.44 bits per heavy atom. The molecule has 3 nitrogen and oxygen atoms in total. The van der Waals surface area contributed by atoms with Crippen LogP contribution in [0, 0.1) is 5.92 Å². The van der Waals surface area contributed by atoms with E-state index in [1.807, 2.05) is 24.3 Å². The van der Waals surface area contributed by atoms with Crippen molar-refractivity contribution in [2.24, 2.45) is 5.92 Å². The van der Waals surface area contributed by atoms with Crippen molar-refractivity contribution < 1.29 is 9.90 Å². The van der Waals surface area contributed by atoms with Crippen molar-refractivity contribution in [1.29, 1.82) is 0 Å². The second-order valence-electron chi connectivity index (χ2n) is 5.26. The highest BCUT2D eigenvalue weighted by Crippen LogP contribution is 2.13. The molecule has 0 spiro atoms. The lowest BCUT2D eigenvalue weighted by Gasteiger charge is -2.19. The maximum absolute atomic E-state index is 10.8. The lowest BCUT2D eigenvalue weighted by molar-refractivity contribution is -0.136. The van der Waals surface area contributed by atoms with Crippen LogP contribution in [0.3, 0.4) is 0 Å². The van der Waals surface area contributed by atoms with E-state index < -0.39 is 5.97 Å². The number of hydrogen-bond donors (Lipinski definition) is 1. The summed E-state index contributed by atoms with van der Waals surface area (Å²) < 4.78 is 0. The summed E-state index contributed by atoms with van der Waals surface area (Å²) in [5, 5.41) is 8.89. The molecule has 0 bridgehead atoms. The molecule has 1 aromatic carbocycles. The van der Waals surface area contributed by atoms with Gasteiger partial charge in [-0.3, -0.25) is 4.79 Å². The van der Waals surface area contributed by atoms with E-state index >= 15 is 0 Å². The van der Waals surface area contributed by atoms with Gasteiger partial charge in [0.05, 0.1) is 6.42 Å². The average molecular weight is 249 g/mol. The smallest absolute Gasteiger partial charge is 0.307 e. The van der Waals surface area contributed by atoms with Crippen LogP contribution in [0.4, 0.5) is 0 Å². The van der Waals surface area contributed by atoms with Crippen LogP contribution in [-0.2, 0) is 17.8 Å². The predicted molar refractivity (Wildman–Crippen MR) is 73.6 cm³/mol. The fourth-order valence-electron chi connectivity index (χ4n) is 1.90. The molecule has 1 N–H and O–H groups in total. The molecule has 18 heavy (non-hydrogen) atoms. The Balaban J connectivity index is 2.62. The normalized spacial score (nSPS) is 11.2. The van der Waals surface area contributed by atoms with E-state index in [2.05, 4.69) is 25.8 Å². The van der Waals surface area contributed by atoms with Crippen LogP contribution in [0.15, 0.2) is 24.3 Å². The van der Waals surface area contributed by atoms with Gasteiger partial charge in [0, 0.05) is 6.54 Å². The molecule has 0 unspecified atom stereocenters. The third-order valence-corrected chi connectivity index (χ3v) is 2.99. The lowest BCUT2D eigenvalue weighted by Crippen LogP contribution is -2.21. The summed E-state index contributed by atoms with van der Waals surface area (Å²) in [5.74, 6) is -0.0750. The van der Waals surface area contributed by atoms with Gasteiger partial charge in [-0.2, -0.15) is 0 Å². The molecule has 0 aliphatic carbocycles. The molecule has 0 amide bonds. The summed E-state index contributed by atoms with van der Waals surface area (Å²) in [6, 6.07) is 7.79. The standard InChI is InChI=1S/C15H23NO2/c1-12(2)8-9-16(3)11-14-7-5-4-6-13(14)10-15(17)18/h4-7,12H,8-11H2,1-3H3,(H,17,18). The van der Waals surface area contributed by atoms with Gasteiger partial charge < -0.3 is 10.0 Å². The fraction of sp³-hybridized carbons (Fsp3) is 0.533. The first-order valence-electron chi connectivity index (χ1n) is 6.46. The molecule has 3 heteroatoms. The molecular weight excluding hydrogens is 226 g/mol. The molecular formula is C15H23NO2. The first-order chi connectivity index (χ1) is 8.49. The number of rotatable bonds is 7. The van der Waals surface area contributed by atoms with Gasteiger partial charge in [0.25, 0.3) is 0 Å². The Hall–Kier alpha value is -1.35. The molecule has 0 radical (unpaired) electrons. The third kappa shape index (κ3) is 5.32. The van der Waals surface area contributed by atoms with Gasteiger partial charge in [0.1, 0.15) is 0 Å². The summed E-state index contributed by atoms with van der Waals surface area (Å²) in [5.41, 5.74) is 2.03. The first kappa shape index (κ1) is 14.7. The van der Waals surface area contributed by atoms with Crippen molar-refractivity contribution in [2.75, 3.05) is 13.6 Å². The quantitative estimate of drug-likeness (QED) is 0.807. The van der Waals surface area contributed by atoms with E-state index in [9.17, 15) is 4.79 Å². The molecule has 0 saturated heterocycles. The molecule has 1 aromatic rings. The lowest BCUT2D eigenvalue weighted by atomic mass is 10.0. The molecule has 0 heterocycles. The Kier molecular flexibility index (Phi) is 5.86. The molecule has 100 valence electrons. The molecule has 1 rings (SSSR count). The van der Waals surface area contributed by atoms with Crippen molar-refractivity contribution in [3.63, 3.8) is 0 Å². The Morgan fingerprint density at radius 1 is 1.28 bits per heavy atom. The van der Waals surface area contributed by atoms with Crippen molar-refractivity contribution in [2.45, 2.75) is 33.2 Å². The minimum absolute atomic E-state index is 0.105. The monoisotopic (exact) mass is 249 g/mol. The van der Waals surface area contributed by atoms with E-state index in [0.29, 0.717) is 5.92 Å². The minimum atomic E-state index is -0.771. The number of nitrogens with zero attached hydrogens (tertiary/aromatic N) is 1. The molecule has 0 saturated carbocycles. The van der Waals surface area contributed by atoms with Gasteiger partial charge in [-0.1, -0.05) is 38.1 Å². The van der Waals surface area contributed by atoms with E-state index in [4.69, 9.17) is 5.11 Å². The van der Waals surface area contributed by atoms with Gasteiger partial charge in [-0.15, -0.1) is 0 Å². The van der Waals surface area contributed by atoms with Crippen molar-refractivity contribution in [1.82, 2.24) is 4.90 Å². The summed E-state index contributed by atoms with van der Waals surface area (Å²) in [7, 11) is 2.08. The van der Waals surface area contributed by atoms with Crippen LogP contribution in [0.25, 0.3) is 0 Å². The minimum Gasteiger partial charge on any atom is -0.481 e. The number of benzene rings is 1. The van der Waals surface area contributed by atoms with Crippen LogP contribution in [0.5, 0.6) is 0 Å². The average Bonchev–Trinajstić information content (AvgIpc) is 2.28. The summed E-state index contributed by atoms with van der Waals surface area (Å²) >= 11 is 0. The van der Waals surface area contributed by atoms with E-state index in [1.165, 1.54) is 0 Å². The first-order valence-corrected chi connectivity index (χ1v) is 6.46. The Labute approximate surface area is 109 Å². The zero-order valence-electron chi connectivity index (χ0n) is 11.5. The van der Waals surface area contributed by atoms with Crippen molar-refractivity contribution in [3.8, 4) is 0 Å². The highest BCUT2D eigenvalue weighted by Gasteiger charge is 2.08. The fourth-order valence-corrected chi connectivity index (χ4v) is 1.90. The topological polar surface area (TPSA) is 40.5 Å². The number of carbonyl (C=O) groups is 1. The zero-order chi connectivity index (χ0) is 13.5. The van der Waals surface area contributed by atoms with Crippen LogP contribution >= 0.6 is 0 Å². The van der Waals surface area contributed by atoms with Crippen molar-refractivity contribution >= 4 is 5.97 Å². The second-order valence-corrected chi connectivity index (χ2v) is 5.26. The molecule has 0 fully saturated rings. The largest absolute Gasteiger partial charge is 0.481 e. The summed E-state index contributed by atoms with van der Waals surface area (Å²) in [6.45, 7) is 6.29. The Morgan fingerprint density at radius 2 is 1.89 bits per heavy atom. The van der Waals surface area contributed by atoms with Gasteiger partial charge in [-0.05, 0) is 37.1 Å². The van der Waals surface area contributed by atoms with Crippen LogP contribution < -0.4 is 0 Å². The van der Waals surface area contributed by atoms with Gasteiger partial charge >= 0.3 is 5.97 Å². The maximum atomic E-state index is 10.8. The summed E-state index contributed by atoms with van der Waals surface area (Å²) in [6.07, 6.45) is 1.27. The van der Waals surface area contributed by atoms with Crippen LogP contribution in [-0.4, -0.2) is 29.6 Å². The molecule has 0 aromatic heterocycles. The molecule has 0 atom stereocenters. The van der Waals surface area contributed by atoms with Crippen LogP contribution in [0.2, 0.25) is 0 Å². The third-order valence-electron chi connectivity index (χ3n) is 2.99. The van der Waals surface area contributed by atoms with E-state index in [0.717, 1.165) is 30.6 Å². The number of hydrogen-bond acceptors (Lipinski definition) is 2. The van der Waals surface area contributed by atoms with E-state index in [1.54, 1.807) is 0 Å². The second kappa shape index (κ2) is 7.17. The molecule has 0 aliphatic heterocycles. The number of aliphatic carboxylic acids is 1. The zero-order valence-corrected chi connectivity index (χ0v) is 11.5. The number of carboxylic acids is 1.